The van der Waals surface area contributed by atoms with E-state index in [1.165, 1.54) is 6.92 Å². The standard InChI is InChI=1S/C11H11ClO4/c1-4-3-6-7(11(15)16-4)9(13)5(2)10(14)8(6)12/h4,13-14H,3H2,1-2H3. The molecule has 86 valence electrons. The minimum atomic E-state index is -0.601. The third-order valence-corrected chi connectivity index (χ3v) is 3.13. The summed E-state index contributed by atoms with van der Waals surface area (Å²) in [6.07, 6.45) is 0.0837. The fraction of sp³-hybridized carbons (Fsp3) is 0.364. The van der Waals surface area contributed by atoms with Crippen molar-refractivity contribution in [3.8, 4) is 11.5 Å². The van der Waals surface area contributed by atoms with Gasteiger partial charge in [-0.05, 0) is 19.4 Å². The van der Waals surface area contributed by atoms with E-state index >= 15 is 0 Å². The zero-order chi connectivity index (χ0) is 12.0. The van der Waals surface area contributed by atoms with Crippen LogP contribution in [0.15, 0.2) is 0 Å². The minimum Gasteiger partial charge on any atom is -0.507 e. The van der Waals surface area contributed by atoms with Gasteiger partial charge >= 0.3 is 5.97 Å². The molecule has 1 aromatic rings. The maximum atomic E-state index is 11.6. The maximum absolute atomic E-state index is 11.6. The first-order valence-electron chi connectivity index (χ1n) is 4.87. The number of rotatable bonds is 0. The molecule has 0 radical (unpaired) electrons. The first-order chi connectivity index (χ1) is 7.43. The van der Waals surface area contributed by atoms with E-state index in [0.717, 1.165) is 0 Å². The predicted molar refractivity (Wildman–Crippen MR) is 58.1 cm³/mol. The highest BCUT2D eigenvalue weighted by Crippen LogP contribution is 2.42. The summed E-state index contributed by atoms with van der Waals surface area (Å²) in [4.78, 5) is 11.6. The van der Waals surface area contributed by atoms with Crippen molar-refractivity contribution in [3.63, 3.8) is 0 Å². The number of benzene rings is 1. The molecule has 0 fully saturated rings. The highest BCUT2D eigenvalue weighted by Gasteiger charge is 2.31. The lowest BCUT2D eigenvalue weighted by molar-refractivity contribution is 0.0297. The van der Waals surface area contributed by atoms with Crippen LogP contribution >= 0.6 is 11.6 Å². The SMILES string of the molecule is Cc1c(O)c(Cl)c2c(c1O)C(=O)OC(C)C2. The Bertz CT molecular complexity index is 482. The van der Waals surface area contributed by atoms with Gasteiger partial charge in [-0.3, -0.25) is 0 Å². The molecule has 16 heavy (non-hydrogen) atoms. The third-order valence-electron chi connectivity index (χ3n) is 2.73. The van der Waals surface area contributed by atoms with Gasteiger partial charge in [-0.1, -0.05) is 11.6 Å². The Labute approximate surface area is 97.4 Å². The van der Waals surface area contributed by atoms with Gasteiger partial charge in [0.05, 0.1) is 5.02 Å². The second-order valence-corrected chi connectivity index (χ2v) is 4.29. The quantitative estimate of drug-likeness (QED) is 0.684. The summed E-state index contributed by atoms with van der Waals surface area (Å²) in [5.74, 6) is -1.04. The van der Waals surface area contributed by atoms with E-state index in [-0.39, 0.29) is 33.8 Å². The van der Waals surface area contributed by atoms with E-state index in [0.29, 0.717) is 12.0 Å². The summed E-state index contributed by atoms with van der Waals surface area (Å²) in [6.45, 7) is 3.22. The average molecular weight is 243 g/mol. The molecule has 0 aromatic heterocycles. The van der Waals surface area contributed by atoms with Crippen molar-refractivity contribution >= 4 is 17.6 Å². The number of phenolic OH excluding ortho intramolecular Hbond substituents is 2. The van der Waals surface area contributed by atoms with Gasteiger partial charge in [-0.2, -0.15) is 0 Å². The number of fused-ring (bicyclic) bond motifs is 1. The molecule has 5 heteroatoms. The van der Waals surface area contributed by atoms with Crippen LogP contribution in [0.25, 0.3) is 0 Å². The first kappa shape index (κ1) is 11.1. The molecule has 1 heterocycles. The predicted octanol–water partition coefficient (Wildman–Crippen LogP) is 2.16. The summed E-state index contributed by atoms with van der Waals surface area (Å²) in [5, 5.41) is 19.6. The van der Waals surface area contributed by atoms with Crippen molar-refractivity contribution in [2.45, 2.75) is 26.4 Å². The molecule has 4 nitrogen and oxygen atoms in total. The Balaban J connectivity index is 2.76. The lowest BCUT2D eigenvalue weighted by Gasteiger charge is -2.24. The van der Waals surface area contributed by atoms with Gasteiger partial charge in [0.1, 0.15) is 23.2 Å². The molecule has 1 unspecified atom stereocenters. The van der Waals surface area contributed by atoms with Crippen LogP contribution in [0, 0.1) is 6.92 Å². The van der Waals surface area contributed by atoms with Crippen LogP contribution in [0.2, 0.25) is 5.02 Å². The van der Waals surface area contributed by atoms with E-state index in [4.69, 9.17) is 16.3 Å². The second kappa shape index (κ2) is 3.56. The molecule has 1 atom stereocenters. The summed E-state index contributed by atoms with van der Waals surface area (Å²) in [7, 11) is 0. The molecule has 1 aliphatic heterocycles. The number of carbonyl (C=O) groups excluding carboxylic acids is 1. The summed E-state index contributed by atoms with van der Waals surface area (Å²) >= 11 is 5.95. The molecule has 0 aliphatic carbocycles. The van der Waals surface area contributed by atoms with Crippen LogP contribution < -0.4 is 0 Å². The van der Waals surface area contributed by atoms with Crippen molar-refractivity contribution < 1.29 is 19.7 Å². The fourth-order valence-electron chi connectivity index (χ4n) is 1.84. The van der Waals surface area contributed by atoms with Crippen molar-refractivity contribution in [1.29, 1.82) is 0 Å². The zero-order valence-electron chi connectivity index (χ0n) is 8.87. The summed E-state index contributed by atoms with van der Waals surface area (Å²) in [5.41, 5.74) is 0.708. The molecule has 0 spiro atoms. The van der Waals surface area contributed by atoms with Crippen LogP contribution in [-0.2, 0) is 11.2 Å². The lowest BCUT2D eigenvalue weighted by Crippen LogP contribution is -2.25. The number of halogens is 1. The number of hydrogen-bond donors (Lipinski definition) is 2. The highest BCUT2D eigenvalue weighted by molar-refractivity contribution is 6.33. The monoisotopic (exact) mass is 242 g/mol. The first-order valence-corrected chi connectivity index (χ1v) is 5.25. The Morgan fingerprint density at radius 2 is 2.00 bits per heavy atom. The van der Waals surface area contributed by atoms with Crippen molar-refractivity contribution in [2.75, 3.05) is 0 Å². The zero-order valence-corrected chi connectivity index (χ0v) is 9.63. The van der Waals surface area contributed by atoms with Crippen molar-refractivity contribution in [1.82, 2.24) is 0 Å². The average Bonchev–Trinajstić information content (AvgIpc) is 2.22. The lowest BCUT2D eigenvalue weighted by atomic mass is 9.95. The van der Waals surface area contributed by atoms with Gasteiger partial charge in [0.15, 0.2) is 0 Å². The van der Waals surface area contributed by atoms with Gasteiger partial charge < -0.3 is 14.9 Å². The number of cyclic esters (lactones) is 1. The molecule has 1 aliphatic rings. The van der Waals surface area contributed by atoms with E-state index < -0.39 is 5.97 Å². The number of carbonyl (C=O) groups is 1. The van der Waals surface area contributed by atoms with Gasteiger partial charge in [0, 0.05) is 12.0 Å². The van der Waals surface area contributed by atoms with Crippen LogP contribution in [0.4, 0.5) is 0 Å². The number of hydrogen-bond acceptors (Lipinski definition) is 4. The number of aromatic hydroxyl groups is 2. The number of phenols is 2. The van der Waals surface area contributed by atoms with Gasteiger partial charge in [-0.15, -0.1) is 0 Å². The van der Waals surface area contributed by atoms with Gasteiger partial charge in [0.2, 0.25) is 0 Å². The second-order valence-electron chi connectivity index (χ2n) is 3.91. The van der Waals surface area contributed by atoms with E-state index in [1.807, 2.05) is 0 Å². The molecular formula is C11H11ClO4. The normalized spacial score (nSPS) is 19.2. The summed E-state index contributed by atoms with van der Waals surface area (Å²) < 4.78 is 5.00. The minimum absolute atomic E-state index is 0.0680. The van der Waals surface area contributed by atoms with Crippen LogP contribution in [0.1, 0.15) is 28.4 Å². The Morgan fingerprint density at radius 3 is 2.62 bits per heavy atom. The largest absolute Gasteiger partial charge is 0.507 e. The molecule has 0 saturated heterocycles. The maximum Gasteiger partial charge on any atom is 0.342 e. The van der Waals surface area contributed by atoms with Crippen LogP contribution in [-0.4, -0.2) is 22.3 Å². The van der Waals surface area contributed by atoms with Crippen LogP contribution in [0.3, 0.4) is 0 Å². The van der Waals surface area contributed by atoms with Gasteiger partial charge in [0.25, 0.3) is 0 Å². The van der Waals surface area contributed by atoms with E-state index in [2.05, 4.69) is 0 Å². The van der Waals surface area contributed by atoms with E-state index in [1.54, 1.807) is 6.92 Å². The van der Waals surface area contributed by atoms with E-state index in [9.17, 15) is 15.0 Å². The molecule has 1 aromatic carbocycles. The smallest absolute Gasteiger partial charge is 0.342 e. The van der Waals surface area contributed by atoms with Gasteiger partial charge in [-0.25, -0.2) is 4.79 Å². The number of ether oxygens (including phenoxy) is 1. The molecular weight excluding hydrogens is 232 g/mol. The molecule has 2 N–H and O–H groups in total. The van der Waals surface area contributed by atoms with Crippen molar-refractivity contribution in [2.24, 2.45) is 0 Å². The molecule has 2 rings (SSSR count). The Kier molecular flexibility index (Phi) is 2.46. The molecule has 0 bridgehead atoms. The van der Waals surface area contributed by atoms with Crippen molar-refractivity contribution in [3.05, 3.63) is 21.7 Å². The van der Waals surface area contributed by atoms with Crippen LogP contribution in [0.5, 0.6) is 11.5 Å². The summed E-state index contributed by atoms with van der Waals surface area (Å²) in [6, 6.07) is 0. The molecule has 0 amide bonds. The Morgan fingerprint density at radius 1 is 1.38 bits per heavy atom. The topological polar surface area (TPSA) is 66.8 Å². The third kappa shape index (κ3) is 1.41. The molecule has 0 saturated carbocycles. The number of esters is 1. The Hall–Kier alpha value is -1.42. The fourth-order valence-corrected chi connectivity index (χ4v) is 2.16. The highest BCUT2D eigenvalue weighted by atomic mass is 35.5.